The SMILES string of the molecule is Cc1nccc(N2CCC(n3ccc(N)n3)CC2)n1. The molecule has 6 heteroatoms. The summed E-state index contributed by atoms with van der Waals surface area (Å²) in [4.78, 5) is 10.9. The zero-order valence-electron chi connectivity index (χ0n) is 11.0. The van der Waals surface area contributed by atoms with E-state index in [1.165, 1.54) is 0 Å². The second kappa shape index (κ2) is 4.87. The first-order valence-corrected chi connectivity index (χ1v) is 6.57. The second-order valence-corrected chi connectivity index (χ2v) is 4.90. The van der Waals surface area contributed by atoms with Gasteiger partial charge in [-0.2, -0.15) is 5.10 Å². The van der Waals surface area contributed by atoms with Crippen LogP contribution in [0.15, 0.2) is 24.5 Å². The highest BCUT2D eigenvalue weighted by atomic mass is 15.3. The molecule has 3 heterocycles. The topological polar surface area (TPSA) is 72.9 Å². The Kier molecular flexibility index (Phi) is 3.06. The summed E-state index contributed by atoms with van der Waals surface area (Å²) in [7, 11) is 0. The number of nitrogens with two attached hydrogens (primary N) is 1. The Morgan fingerprint density at radius 3 is 2.68 bits per heavy atom. The molecule has 1 aliphatic rings. The van der Waals surface area contributed by atoms with Crippen molar-refractivity contribution in [1.82, 2.24) is 19.7 Å². The zero-order valence-corrected chi connectivity index (χ0v) is 11.0. The first-order chi connectivity index (χ1) is 9.22. The van der Waals surface area contributed by atoms with E-state index >= 15 is 0 Å². The fourth-order valence-corrected chi connectivity index (χ4v) is 2.54. The minimum Gasteiger partial charge on any atom is -0.382 e. The molecule has 0 amide bonds. The number of nitrogens with zero attached hydrogens (tertiary/aromatic N) is 5. The lowest BCUT2D eigenvalue weighted by Crippen LogP contribution is -2.35. The van der Waals surface area contributed by atoms with Gasteiger partial charge in [-0.05, 0) is 31.9 Å². The smallest absolute Gasteiger partial charge is 0.145 e. The summed E-state index contributed by atoms with van der Waals surface area (Å²) < 4.78 is 1.98. The number of hydrogen-bond donors (Lipinski definition) is 1. The summed E-state index contributed by atoms with van der Waals surface area (Å²) in [6.07, 6.45) is 5.90. The summed E-state index contributed by atoms with van der Waals surface area (Å²) in [5, 5.41) is 4.30. The van der Waals surface area contributed by atoms with Crippen molar-refractivity contribution in [2.45, 2.75) is 25.8 Å². The van der Waals surface area contributed by atoms with Gasteiger partial charge in [-0.1, -0.05) is 0 Å². The molecule has 0 unspecified atom stereocenters. The Balaban J connectivity index is 1.66. The first-order valence-electron chi connectivity index (χ1n) is 6.57. The van der Waals surface area contributed by atoms with Crippen molar-refractivity contribution in [2.24, 2.45) is 0 Å². The van der Waals surface area contributed by atoms with E-state index in [2.05, 4.69) is 20.0 Å². The van der Waals surface area contributed by atoms with Gasteiger partial charge in [0.2, 0.25) is 0 Å². The van der Waals surface area contributed by atoms with Gasteiger partial charge in [0.05, 0.1) is 6.04 Å². The lowest BCUT2D eigenvalue weighted by atomic mass is 10.1. The van der Waals surface area contributed by atoms with Gasteiger partial charge in [-0.25, -0.2) is 9.97 Å². The Labute approximate surface area is 112 Å². The van der Waals surface area contributed by atoms with Crippen LogP contribution in [-0.4, -0.2) is 32.8 Å². The highest BCUT2D eigenvalue weighted by molar-refractivity contribution is 5.37. The Morgan fingerprint density at radius 2 is 2.05 bits per heavy atom. The standard InChI is InChI=1S/C13H18N6/c1-10-15-6-2-13(16-10)18-7-3-11(4-8-18)19-9-5-12(14)17-19/h2,5-6,9,11H,3-4,7-8H2,1H3,(H2,14,17). The second-order valence-electron chi connectivity index (χ2n) is 4.90. The fraction of sp³-hybridized carbons (Fsp3) is 0.462. The van der Waals surface area contributed by atoms with Crippen LogP contribution in [0.3, 0.4) is 0 Å². The van der Waals surface area contributed by atoms with E-state index < -0.39 is 0 Å². The Morgan fingerprint density at radius 1 is 1.26 bits per heavy atom. The van der Waals surface area contributed by atoms with E-state index in [0.29, 0.717) is 11.9 Å². The van der Waals surface area contributed by atoms with Crippen LogP contribution in [0.25, 0.3) is 0 Å². The number of rotatable bonds is 2. The summed E-state index contributed by atoms with van der Waals surface area (Å²) in [5.41, 5.74) is 5.66. The summed E-state index contributed by atoms with van der Waals surface area (Å²) in [5.74, 6) is 2.43. The molecule has 19 heavy (non-hydrogen) atoms. The lowest BCUT2D eigenvalue weighted by Gasteiger charge is -2.32. The predicted octanol–water partition coefficient (Wildman–Crippen LogP) is 1.41. The maximum atomic E-state index is 5.66. The van der Waals surface area contributed by atoms with Gasteiger partial charge in [0, 0.05) is 25.5 Å². The molecule has 1 aliphatic heterocycles. The minimum absolute atomic E-state index is 0.441. The van der Waals surface area contributed by atoms with E-state index in [0.717, 1.165) is 37.6 Å². The molecular formula is C13H18N6. The van der Waals surface area contributed by atoms with Crippen LogP contribution in [0.4, 0.5) is 11.6 Å². The Bertz CT molecular complexity index is 556. The average molecular weight is 258 g/mol. The lowest BCUT2D eigenvalue weighted by molar-refractivity contribution is 0.366. The van der Waals surface area contributed by atoms with E-state index in [9.17, 15) is 0 Å². The van der Waals surface area contributed by atoms with Gasteiger partial charge in [0.1, 0.15) is 17.5 Å². The molecule has 6 nitrogen and oxygen atoms in total. The fourth-order valence-electron chi connectivity index (χ4n) is 2.54. The molecule has 0 bridgehead atoms. The van der Waals surface area contributed by atoms with E-state index in [1.807, 2.05) is 36.1 Å². The number of nitrogen functional groups attached to an aromatic ring is 1. The van der Waals surface area contributed by atoms with Crippen molar-refractivity contribution in [3.8, 4) is 0 Å². The quantitative estimate of drug-likeness (QED) is 0.881. The molecule has 1 fully saturated rings. The molecule has 100 valence electrons. The average Bonchev–Trinajstić information content (AvgIpc) is 2.86. The van der Waals surface area contributed by atoms with Crippen molar-refractivity contribution in [3.05, 3.63) is 30.4 Å². The summed E-state index contributed by atoms with van der Waals surface area (Å²) in [6, 6.07) is 4.26. The van der Waals surface area contributed by atoms with Crippen LogP contribution in [0.5, 0.6) is 0 Å². The third kappa shape index (κ3) is 2.52. The maximum Gasteiger partial charge on any atom is 0.145 e. The first kappa shape index (κ1) is 12.0. The summed E-state index contributed by atoms with van der Waals surface area (Å²) >= 11 is 0. The van der Waals surface area contributed by atoms with E-state index in [-0.39, 0.29) is 0 Å². The highest BCUT2D eigenvalue weighted by Gasteiger charge is 2.21. The van der Waals surface area contributed by atoms with Crippen molar-refractivity contribution in [1.29, 1.82) is 0 Å². The molecule has 0 aromatic carbocycles. The Hall–Kier alpha value is -2.11. The van der Waals surface area contributed by atoms with Crippen LogP contribution in [0.2, 0.25) is 0 Å². The van der Waals surface area contributed by atoms with Crippen LogP contribution >= 0.6 is 0 Å². The zero-order chi connectivity index (χ0) is 13.2. The van der Waals surface area contributed by atoms with Crippen molar-refractivity contribution in [2.75, 3.05) is 23.7 Å². The van der Waals surface area contributed by atoms with Crippen molar-refractivity contribution < 1.29 is 0 Å². The van der Waals surface area contributed by atoms with Gasteiger partial charge in [-0.3, -0.25) is 4.68 Å². The normalized spacial score (nSPS) is 16.8. The molecule has 0 aliphatic carbocycles. The summed E-state index contributed by atoms with van der Waals surface area (Å²) in [6.45, 7) is 3.89. The van der Waals surface area contributed by atoms with Crippen LogP contribution in [0, 0.1) is 6.92 Å². The highest BCUT2D eigenvalue weighted by Crippen LogP contribution is 2.25. The van der Waals surface area contributed by atoms with Crippen molar-refractivity contribution >= 4 is 11.6 Å². The molecule has 2 aromatic heterocycles. The molecule has 2 N–H and O–H groups in total. The number of anilines is 2. The monoisotopic (exact) mass is 258 g/mol. The van der Waals surface area contributed by atoms with Crippen LogP contribution in [-0.2, 0) is 0 Å². The molecule has 0 spiro atoms. The molecule has 0 saturated carbocycles. The van der Waals surface area contributed by atoms with E-state index in [1.54, 1.807) is 0 Å². The third-order valence-electron chi connectivity index (χ3n) is 3.55. The largest absolute Gasteiger partial charge is 0.382 e. The molecule has 1 saturated heterocycles. The number of piperidine rings is 1. The molecule has 0 atom stereocenters. The molecular weight excluding hydrogens is 240 g/mol. The van der Waals surface area contributed by atoms with E-state index in [4.69, 9.17) is 5.73 Å². The number of hydrogen-bond acceptors (Lipinski definition) is 5. The molecule has 2 aromatic rings. The molecule has 3 rings (SSSR count). The van der Waals surface area contributed by atoms with Gasteiger partial charge >= 0.3 is 0 Å². The van der Waals surface area contributed by atoms with Gasteiger partial charge in [0.15, 0.2) is 0 Å². The maximum absolute atomic E-state index is 5.66. The van der Waals surface area contributed by atoms with Gasteiger partial charge in [0.25, 0.3) is 0 Å². The number of aryl methyl sites for hydroxylation is 1. The minimum atomic E-state index is 0.441. The van der Waals surface area contributed by atoms with Crippen molar-refractivity contribution in [3.63, 3.8) is 0 Å². The van der Waals surface area contributed by atoms with Crippen LogP contribution in [0.1, 0.15) is 24.7 Å². The number of aromatic nitrogens is 4. The predicted molar refractivity (Wildman–Crippen MR) is 73.9 cm³/mol. The molecule has 0 radical (unpaired) electrons. The van der Waals surface area contributed by atoms with Crippen LogP contribution < -0.4 is 10.6 Å². The van der Waals surface area contributed by atoms with Gasteiger partial charge < -0.3 is 10.6 Å². The van der Waals surface area contributed by atoms with Gasteiger partial charge in [-0.15, -0.1) is 0 Å². The third-order valence-corrected chi connectivity index (χ3v) is 3.55.